The van der Waals surface area contributed by atoms with Crippen molar-refractivity contribution in [3.63, 3.8) is 0 Å². The molecule has 0 radical (unpaired) electrons. The second-order valence-electron chi connectivity index (χ2n) is 3.76. The van der Waals surface area contributed by atoms with E-state index >= 15 is 0 Å². The van der Waals surface area contributed by atoms with E-state index in [9.17, 15) is 0 Å². The number of aryl methyl sites for hydroxylation is 1. The quantitative estimate of drug-likeness (QED) is 0.574. The molecule has 2 rings (SSSR count). The van der Waals surface area contributed by atoms with Crippen molar-refractivity contribution in [2.45, 2.75) is 24.7 Å². The summed E-state index contributed by atoms with van der Waals surface area (Å²) in [6, 6.07) is 0. The van der Waals surface area contributed by atoms with Crippen LogP contribution in [0.2, 0.25) is 0 Å². The molecule has 0 aromatic carbocycles. The molecule has 2 aromatic heterocycles. The number of nitrogens with zero attached hydrogens (tertiary/aromatic N) is 7. The highest BCUT2D eigenvalue weighted by molar-refractivity contribution is 7.99. The topological polar surface area (TPSA) is 86.3 Å². The summed E-state index contributed by atoms with van der Waals surface area (Å²) in [5.74, 6) is 1.91. The first-order valence-corrected chi connectivity index (χ1v) is 6.66. The van der Waals surface area contributed by atoms with E-state index < -0.39 is 0 Å². The monoisotopic (exact) mass is 304 g/mol. The van der Waals surface area contributed by atoms with E-state index in [0.717, 1.165) is 36.2 Å². The molecular weight excluding hydrogens is 288 g/mol. The van der Waals surface area contributed by atoms with Crippen molar-refractivity contribution in [1.82, 2.24) is 40.3 Å². The Morgan fingerprint density at radius 1 is 1.37 bits per heavy atom. The molecule has 0 amide bonds. The Balaban J connectivity index is 0.00000180. The molecule has 2 aromatic rings. The van der Waals surface area contributed by atoms with Gasteiger partial charge in [0.15, 0.2) is 5.16 Å². The van der Waals surface area contributed by atoms with Crippen LogP contribution in [0.5, 0.6) is 0 Å². The lowest BCUT2D eigenvalue weighted by atomic mass is 10.5. The van der Waals surface area contributed by atoms with Gasteiger partial charge in [-0.05, 0) is 23.9 Å². The van der Waals surface area contributed by atoms with Gasteiger partial charge in [-0.1, -0.05) is 11.8 Å². The van der Waals surface area contributed by atoms with E-state index in [1.165, 1.54) is 0 Å². The molecule has 0 fully saturated rings. The van der Waals surface area contributed by atoms with E-state index in [4.69, 9.17) is 0 Å². The summed E-state index contributed by atoms with van der Waals surface area (Å²) in [4.78, 5) is 0. The minimum absolute atomic E-state index is 0. The molecule has 0 unspecified atom stereocenters. The molecule has 10 heteroatoms. The summed E-state index contributed by atoms with van der Waals surface area (Å²) < 4.78 is 3.74. The average Bonchev–Trinajstić information content (AvgIpc) is 2.98. The van der Waals surface area contributed by atoms with Crippen molar-refractivity contribution in [2.75, 3.05) is 12.8 Å². The number of nitrogens with one attached hydrogen (secondary N) is 1. The zero-order valence-electron chi connectivity index (χ0n) is 10.9. The molecule has 0 aliphatic carbocycles. The van der Waals surface area contributed by atoms with Crippen LogP contribution in [0.1, 0.15) is 12.2 Å². The van der Waals surface area contributed by atoms with E-state index in [1.807, 2.05) is 18.7 Å². The zero-order chi connectivity index (χ0) is 12.8. The van der Waals surface area contributed by atoms with Crippen molar-refractivity contribution < 1.29 is 0 Å². The minimum atomic E-state index is 0. The van der Waals surface area contributed by atoms with Gasteiger partial charge in [0.2, 0.25) is 0 Å². The molecule has 0 aliphatic heterocycles. The highest BCUT2D eigenvalue weighted by Gasteiger charge is 2.07. The first-order chi connectivity index (χ1) is 8.81. The van der Waals surface area contributed by atoms with Crippen LogP contribution in [0.25, 0.3) is 0 Å². The number of tetrazole rings is 1. The molecule has 0 spiro atoms. The van der Waals surface area contributed by atoms with E-state index in [2.05, 4.69) is 31.0 Å². The summed E-state index contributed by atoms with van der Waals surface area (Å²) in [7, 11) is 3.88. The SMILES string of the molecule is CNCc1nnc(SCCCn2cnnn2)n1C.Cl. The molecule has 8 nitrogen and oxygen atoms in total. The van der Waals surface area contributed by atoms with Crippen molar-refractivity contribution in [3.8, 4) is 0 Å². The standard InChI is InChI=1S/C9H16N8S.ClH/c1-10-6-8-12-13-9(16(8)2)18-5-3-4-17-7-11-14-15-17;/h7,10H,3-6H2,1-2H3;1H. The predicted molar refractivity (Wildman–Crippen MR) is 74.2 cm³/mol. The minimum Gasteiger partial charge on any atom is -0.313 e. The van der Waals surface area contributed by atoms with Gasteiger partial charge in [-0.3, -0.25) is 0 Å². The maximum absolute atomic E-state index is 4.16. The number of aromatic nitrogens is 7. The van der Waals surface area contributed by atoms with Gasteiger partial charge in [-0.2, -0.15) is 0 Å². The second kappa shape index (κ2) is 8.08. The van der Waals surface area contributed by atoms with Gasteiger partial charge in [-0.25, -0.2) is 4.68 Å². The van der Waals surface area contributed by atoms with Gasteiger partial charge in [0, 0.05) is 19.3 Å². The average molecular weight is 305 g/mol. The van der Waals surface area contributed by atoms with Gasteiger partial charge in [0.25, 0.3) is 0 Å². The third-order valence-electron chi connectivity index (χ3n) is 2.41. The predicted octanol–water partition coefficient (Wildman–Crippen LogP) is 0.125. The number of hydrogen-bond donors (Lipinski definition) is 1. The summed E-state index contributed by atoms with van der Waals surface area (Å²) in [5.41, 5.74) is 0. The third-order valence-corrected chi connectivity index (χ3v) is 3.52. The van der Waals surface area contributed by atoms with Crippen LogP contribution in [-0.4, -0.2) is 47.8 Å². The smallest absolute Gasteiger partial charge is 0.190 e. The van der Waals surface area contributed by atoms with E-state index in [1.54, 1.807) is 22.8 Å². The largest absolute Gasteiger partial charge is 0.313 e. The molecule has 106 valence electrons. The maximum Gasteiger partial charge on any atom is 0.190 e. The van der Waals surface area contributed by atoms with Crippen LogP contribution >= 0.6 is 24.2 Å². The summed E-state index contributed by atoms with van der Waals surface area (Å²) >= 11 is 1.70. The molecule has 1 N–H and O–H groups in total. The lowest BCUT2D eigenvalue weighted by Gasteiger charge is -2.03. The maximum atomic E-state index is 4.16. The molecule has 0 bridgehead atoms. The van der Waals surface area contributed by atoms with Crippen molar-refractivity contribution in [2.24, 2.45) is 7.05 Å². The first-order valence-electron chi connectivity index (χ1n) is 5.67. The second-order valence-corrected chi connectivity index (χ2v) is 4.83. The Hall–Kier alpha value is -1.19. The van der Waals surface area contributed by atoms with Crippen LogP contribution in [0, 0.1) is 0 Å². The fraction of sp³-hybridized carbons (Fsp3) is 0.667. The van der Waals surface area contributed by atoms with E-state index in [0.29, 0.717) is 0 Å². The van der Waals surface area contributed by atoms with Gasteiger partial charge in [-0.15, -0.1) is 27.7 Å². The summed E-state index contributed by atoms with van der Waals surface area (Å²) in [6.07, 6.45) is 2.61. The third kappa shape index (κ3) is 4.44. The van der Waals surface area contributed by atoms with Crippen LogP contribution in [0.15, 0.2) is 11.5 Å². The Labute approximate surface area is 121 Å². The highest BCUT2D eigenvalue weighted by atomic mass is 35.5. The van der Waals surface area contributed by atoms with Crippen LogP contribution in [0.3, 0.4) is 0 Å². The fourth-order valence-corrected chi connectivity index (χ4v) is 2.31. The van der Waals surface area contributed by atoms with Crippen LogP contribution in [-0.2, 0) is 20.1 Å². The van der Waals surface area contributed by atoms with E-state index in [-0.39, 0.29) is 12.4 Å². The lowest BCUT2D eigenvalue weighted by Crippen LogP contribution is -2.10. The molecule has 0 atom stereocenters. The molecular formula is C9H17ClN8S. The molecule has 0 saturated heterocycles. The highest BCUT2D eigenvalue weighted by Crippen LogP contribution is 2.16. The number of halogens is 1. The molecule has 2 heterocycles. The van der Waals surface area contributed by atoms with Gasteiger partial charge < -0.3 is 9.88 Å². The number of rotatable bonds is 7. The van der Waals surface area contributed by atoms with Crippen molar-refractivity contribution >= 4 is 24.2 Å². The van der Waals surface area contributed by atoms with Gasteiger partial charge in [0.05, 0.1) is 6.54 Å². The van der Waals surface area contributed by atoms with Crippen molar-refractivity contribution in [3.05, 3.63) is 12.2 Å². The van der Waals surface area contributed by atoms with Crippen molar-refractivity contribution in [1.29, 1.82) is 0 Å². The zero-order valence-corrected chi connectivity index (χ0v) is 12.5. The van der Waals surface area contributed by atoms with Crippen LogP contribution < -0.4 is 5.32 Å². The Morgan fingerprint density at radius 2 is 2.21 bits per heavy atom. The summed E-state index contributed by atoms with van der Waals surface area (Å²) in [6.45, 7) is 1.55. The van der Waals surface area contributed by atoms with Gasteiger partial charge >= 0.3 is 0 Å². The number of hydrogen-bond acceptors (Lipinski definition) is 7. The van der Waals surface area contributed by atoms with Crippen LogP contribution in [0.4, 0.5) is 0 Å². The van der Waals surface area contributed by atoms with Gasteiger partial charge in [0.1, 0.15) is 12.2 Å². The Morgan fingerprint density at radius 3 is 2.89 bits per heavy atom. The Bertz CT molecular complexity index is 471. The molecule has 0 aliphatic rings. The fourth-order valence-electron chi connectivity index (χ4n) is 1.46. The summed E-state index contributed by atoms with van der Waals surface area (Å²) in [5, 5.41) is 23.3. The lowest BCUT2D eigenvalue weighted by molar-refractivity contribution is 0.581. The number of thioether (sulfide) groups is 1. The Kier molecular flexibility index (Phi) is 6.74. The molecule has 0 saturated carbocycles. The molecule has 19 heavy (non-hydrogen) atoms. The first kappa shape index (κ1) is 15.9. The normalized spacial score (nSPS) is 10.4.